The molecule has 2 aliphatic rings. The lowest BCUT2D eigenvalue weighted by atomic mass is 9.62. The van der Waals surface area contributed by atoms with Crippen LogP contribution in [-0.2, 0) is 28.3 Å². The number of hydrogen-bond acceptors (Lipinski definition) is 6. The molecule has 0 radical (unpaired) electrons. The average molecular weight is 537 g/mol. The maximum absolute atomic E-state index is 13.1. The number of aryl methyl sites for hydroxylation is 1. The summed E-state index contributed by atoms with van der Waals surface area (Å²) in [7, 11) is -6.00. The maximum Gasteiger partial charge on any atom is 0.309 e. The van der Waals surface area contributed by atoms with Gasteiger partial charge in [-0.25, -0.2) is 0 Å². The van der Waals surface area contributed by atoms with Crippen molar-refractivity contribution >= 4 is 24.4 Å². The molecule has 2 unspecified atom stereocenters. The fourth-order valence-electron chi connectivity index (χ4n) is 5.28. The van der Waals surface area contributed by atoms with Crippen LogP contribution in [0.5, 0.6) is 0 Å². The molecular formula is C28H44O6SSi. The van der Waals surface area contributed by atoms with Crippen LogP contribution in [0.1, 0.15) is 53.0 Å². The van der Waals surface area contributed by atoms with Gasteiger partial charge in [0, 0.05) is 12.0 Å². The first kappa shape index (κ1) is 29.1. The number of ether oxygens (including phenoxy) is 1. The predicted octanol–water partition coefficient (Wildman–Crippen LogP) is 6.12. The summed E-state index contributed by atoms with van der Waals surface area (Å²) in [5.41, 5.74) is 0.993. The molecule has 0 saturated heterocycles. The van der Waals surface area contributed by atoms with E-state index in [9.17, 15) is 13.2 Å². The van der Waals surface area contributed by atoms with Crippen LogP contribution in [0, 0.1) is 36.5 Å². The fraction of sp³-hybridized carbons (Fsp3) is 0.679. The standard InChI is InChI=1S/C28H44O6SSi/c1-9-32-27(29)25-20(3)12-13-22-16-21(17-24(26(22)25)34-36(7,8)28(4,5)6)18-33-35(30,31)23-14-10-19(2)11-15-23/h10-15,20-22,24-26H,9,16-18H2,1-8H3/t20-,21-,22?,24-,25-,26?/m0/s1. The summed E-state index contributed by atoms with van der Waals surface area (Å²) in [6.45, 7) is 17.4. The van der Waals surface area contributed by atoms with E-state index in [1.54, 1.807) is 24.3 Å². The summed E-state index contributed by atoms with van der Waals surface area (Å²) >= 11 is 0. The molecule has 36 heavy (non-hydrogen) atoms. The molecule has 0 aliphatic heterocycles. The lowest BCUT2D eigenvalue weighted by Gasteiger charge is -2.50. The highest BCUT2D eigenvalue weighted by atomic mass is 32.2. The summed E-state index contributed by atoms with van der Waals surface area (Å²) in [5, 5.41) is 0.0102. The van der Waals surface area contributed by atoms with Gasteiger partial charge < -0.3 is 9.16 Å². The van der Waals surface area contributed by atoms with Crippen LogP contribution in [0.15, 0.2) is 41.3 Å². The Morgan fingerprint density at radius 2 is 1.72 bits per heavy atom. The van der Waals surface area contributed by atoms with Gasteiger partial charge in [-0.2, -0.15) is 8.42 Å². The van der Waals surface area contributed by atoms with Crippen LogP contribution >= 0.6 is 0 Å². The molecule has 6 atom stereocenters. The Hall–Kier alpha value is -1.48. The number of carbonyl (C=O) groups is 1. The zero-order chi connectivity index (χ0) is 26.9. The summed E-state index contributed by atoms with van der Waals surface area (Å²) in [6, 6.07) is 6.71. The predicted molar refractivity (Wildman–Crippen MR) is 145 cm³/mol. The third-order valence-corrected chi connectivity index (χ3v) is 14.1. The number of rotatable bonds is 8. The summed E-state index contributed by atoms with van der Waals surface area (Å²) in [4.78, 5) is 13.3. The zero-order valence-corrected chi connectivity index (χ0v) is 24.9. The van der Waals surface area contributed by atoms with E-state index >= 15 is 0 Å². The average Bonchev–Trinajstić information content (AvgIpc) is 2.77. The normalized spacial score (nSPS) is 29.0. The number of fused-ring (bicyclic) bond motifs is 1. The Morgan fingerprint density at radius 3 is 2.31 bits per heavy atom. The Balaban J connectivity index is 1.86. The van der Waals surface area contributed by atoms with Gasteiger partial charge in [0.25, 0.3) is 10.1 Å². The van der Waals surface area contributed by atoms with Crippen molar-refractivity contribution in [3.05, 3.63) is 42.0 Å². The lowest BCUT2D eigenvalue weighted by molar-refractivity contribution is -0.157. The molecule has 0 heterocycles. The molecule has 1 saturated carbocycles. The molecule has 0 N–H and O–H groups in total. The fourth-order valence-corrected chi connectivity index (χ4v) is 7.62. The summed E-state index contributed by atoms with van der Waals surface area (Å²) in [6.07, 6.45) is 5.56. The third-order valence-electron chi connectivity index (χ3n) is 8.32. The van der Waals surface area contributed by atoms with Gasteiger partial charge in [0.15, 0.2) is 8.32 Å². The van der Waals surface area contributed by atoms with E-state index in [4.69, 9.17) is 13.3 Å². The molecular weight excluding hydrogens is 492 g/mol. The summed E-state index contributed by atoms with van der Waals surface area (Å²) in [5.74, 6) is -0.261. The Bertz CT molecular complexity index is 1040. The smallest absolute Gasteiger partial charge is 0.309 e. The van der Waals surface area contributed by atoms with Crippen molar-refractivity contribution in [3.63, 3.8) is 0 Å². The molecule has 8 heteroatoms. The van der Waals surface area contributed by atoms with Crippen LogP contribution in [0.2, 0.25) is 18.1 Å². The number of esters is 1. The van der Waals surface area contributed by atoms with Crippen molar-refractivity contribution in [2.24, 2.45) is 29.6 Å². The number of allylic oxidation sites excluding steroid dienone is 2. The van der Waals surface area contributed by atoms with Gasteiger partial charge >= 0.3 is 5.97 Å². The van der Waals surface area contributed by atoms with E-state index in [0.717, 1.165) is 12.0 Å². The second kappa shape index (κ2) is 11.1. The van der Waals surface area contributed by atoms with Gasteiger partial charge in [-0.3, -0.25) is 8.98 Å². The monoisotopic (exact) mass is 536 g/mol. The molecule has 1 fully saturated rings. The quantitative estimate of drug-likeness (QED) is 0.172. The second-order valence-electron chi connectivity index (χ2n) is 12.1. The second-order valence-corrected chi connectivity index (χ2v) is 18.4. The highest BCUT2D eigenvalue weighted by molar-refractivity contribution is 7.86. The first-order chi connectivity index (χ1) is 16.7. The summed E-state index contributed by atoms with van der Waals surface area (Å²) < 4.78 is 43.7. The Labute approximate surface area is 219 Å². The molecule has 3 rings (SSSR count). The SMILES string of the molecule is CCOC(=O)[C@@H]1C2C(C=C[C@@H]1C)C[C@H](COS(=O)(=O)c1ccc(C)cc1)C[C@@H]2O[Si](C)(C)C(C)(C)C. The van der Waals surface area contributed by atoms with E-state index in [1.165, 1.54) is 0 Å². The number of hydrogen-bond donors (Lipinski definition) is 0. The maximum atomic E-state index is 13.1. The van der Waals surface area contributed by atoms with Crippen molar-refractivity contribution in [1.29, 1.82) is 0 Å². The van der Waals surface area contributed by atoms with Crippen molar-refractivity contribution in [2.45, 2.75) is 83.5 Å². The molecule has 0 aromatic heterocycles. The minimum absolute atomic E-state index is 0.00198. The zero-order valence-electron chi connectivity index (χ0n) is 23.1. The molecule has 0 spiro atoms. The van der Waals surface area contributed by atoms with E-state index in [-0.39, 0.29) is 58.2 Å². The van der Waals surface area contributed by atoms with Crippen molar-refractivity contribution in [2.75, 3.05) is 13.2 Å². The molecule has 6 nitrogen and oxygen atoms in total. The van der Waals surface area contributed by atoms with E-state index in [2.05, 4.69) is 52.9 Å². The van der Waals surface area contributed by atoms with Gasteiger partial charge in [0.05, 0.1) is 24.0 Å². The third kappa shape index (κ3) is 6.50. The molecule has 202 valence electrons. The first-order valence-corrected chi connectivity index (χ1v) is 17.5. The Kier molecular flexibility index (Phi) is 8.96. The number of benzene rings is 1. The van der Waals surface area contributed by atoms with Gasteiger partial charge in [0.2, 0.25) is 0 Å². The van der Waals surface area contributed by atoms with Crippen LogP contribution in [0.25, 0.3) is 0 Å². The van der Waals surface area contributed by atoms with Crippen LogP contribution in [-0.4, -0.2) is 42.0 Å². The van der Waals surface area contributed by atoms with Gasteiger partial charge in [0.1, 0.15) is 0 Å². The first-order valence-electron chi connectivity index (χ1n) is 13.1. The van der Waals surface area contributed by atoms with Gasteiger partial charge in [-0.1, -0.05) is 57.5 Å². The van der Waals surface area contributed by atoms with E-state index in [1.807, 2.05) is 13.8 Å². The van der Waals surface area contributed by atoms with Crippen molar-refractivity contribution in [3.8, 4) is 0 Å². The lowest BCUT2D eigenvalue weighted by Crippen LogP contribution is -2.53. The van der Waals surface area contributed by atoms with E-state index < -0.39 is 18.4 Å². The van der Waals surface area contributed by atoms with Crippen LogP contribution < -0.4 is 0 Å². The topological polar surface area (TPSA) is 78.9 Å². The van der Waals surface area contributed by atoms with Crippen LogP contribution in [0.4, 0.5) is 0 Å². The highest BCUT2D eigenvalue weighted by Gasteiger charge is 2.51. The largest absolute Gasteiger partial charge is 0.466 e. The van der Waals surface area contributed by atoms with Gasteiger partial charge in [-0.15, -0.1) is 0 Å². The minimum atomic E-state index is -3.85. The molecule has 1 aromatic rings. The molecule has 0 bridgehead atoms. The minimum Gasteiger partial charge on any atom is -0.466 e. The highest BCUT2D eigenvalue weighted by Crippen LogP contribution is 2.49. The van der Waals surface area contributed by atoms with Crippen molar-refractivity contribution in [1.82, 2.24) is 0 Å². The van der Waals surface area contributed by atoms with Crippen LogP contribution in [0.3, 0.4) is 0 Å². The van der Waals surface area contributed by atoms with Crippen molar-refractivity contribution < 1.29 is 26.6 Å². The Morgan fingerprint density at radius 1 is 1.08 bits per heavy atom. The van der Waals surface area contributed by atoms with E-state index in [0.29, 0.717) is 13.0 Å². The van der Waals surface area contributed by atoms with Gasteiger partial charge in [-0.05, 0) is 74.7 Å². The molecule has 1 aromatic carbocycles. The molecule has 0 amide bonds. The molecule has 2 aliphatic carbocycles. The number of carbonyl (C=O) groups excluding carboxylic acids is 1.